The van der Waals surface area contributed by atoms with Gasteiger partial charge in [0.05, 0.1) is 12.2 Å². The summed E-state index contributed by atoms with van der Waals surface area (Å²) in [6.45, 7) is 5.48. The summed E-state index contributed by atoms with van der Waals surface area (Å²) >= 11 is 0. The van der Waals surface area contributed by atoms with Crippen molar-refractivity contribution in [2.75, 3.05) is 18.0 Å². The summed E-state index contributed by atoms with van der Waals surface area (Å²) in [5, 5.41) is 19.4. The van der Waals surface area contributed by atoms with Crippen LogP contribution in [0.4, 0.5) is 5.69 Å². The van der Waals surface area contributed by atoms with Crippen LogP contribution < -0.4 is 4.90 Å². The standard InChI is InChI=1S/C14H21NO2/c1-10(16)12-7-8-15(9-12)14-6-4-3-5-13(14)11(2)17/h3-6,10-12,16-17H,7-9H2,1-2H3. The van der Waals surface area contributed by atoms with Crippen molar-refractivity contribution in [2.45, 2.75) is 32.5 Å². The Bertz CT molecular complexity index is 376. The molecule has 94 valence electrons. The Kier molecular flexibility index (Phi) is 3.69. The lowest BCUT2D eigenvalue weighted by Crippen LogP contribution is -2.24. The van der Waals surface area contributed by atoms with E-state index in [9.17, 15) is 10.2 Å². The number of hydrogen-bond acceptors (Lipinski definition) is 3. The van der Waals surface area contributed by atoms with Crippen molar-refractivity contribution in [3.8, 4) is 0 Å². The summed E-state index contributed by atoms with van der Waals surface area (Å²) in [6.07, 6.45) is 0.321. The van der Waals surface area contributed by atoms with Crippen molar-refractivity contribution in [1.82, 2.24) is 0 Å². The van der Waals surface area contributed by atoms with E-state index in [1.54, 1.807) is 6.92 Å². The van der Waals surface area contributed by atoms with Gasteiger partial charge in [0.25, 0.3) is 0 Å². The number of nitrogens with zero attached hydrogens (tertiary/aromatic N) is 1. The molecule has 2 rings (SSSR count). The smallest absolute Gasteiger partial charge is 0.0781 e. The molecule has 1 aliphatic heterocycles. The van der Waals surface area contributed by atoms with Gasteiger partial charge < -0.3 is 15.1 Å². The maximum atomic E-state index is 9.76. The van der Waals surface area contributed by atoms with Crippen LogP contribution in [0.1, 0.15) is 31.9 Å². The number of anilines is 1. The van der Waals surface area contributed by atoms with Crippen LogP contribution in [0, 0.1) is 5.92 Å². The van der Waals surface area contributed by atoms with Gasteiger partial charge in [-0.1, -0.05) is 18.2 Å². The molecule has 1 aromatic carbocycles. The molecule has 3 nitrogen and oxygen atoms in total. The fourth-order valence-corrected chi connectivity index (χ4v) is 2.53. The Balaban J connectivity index is 2.18. The molecule has 1 aliphatic rings. The average molecular weight is 235 g/mol. The van der Waals surface area contributed by atoms with Crippen LogP contribution in [0.25, 0.3) is 0 Å². The third-order valence-electron chi connectivity index (χ3n) is 3.63. The summed E-state index contributed by atoms with van der Waals surface area (Å²) < 4.78 is 0. The van der Waals surface area contributed by atoms with E-state index in [1.807, 2.05) is 31.2 Å². The quantitative estimate of drug-likeness (QED) is 0.841. The molecule has 2 N–H and O–H groups in total. The van der Waals surface area contributed by atoms with Crippen molar-refractivity contribution in [3.63, 3.8) is 0 Å². The average Bonchev–Trinajstić information content (AvgIpc) is 2.78. The fourth-order valence-electron chi connectivity index (χ4n) is 2.53. The highest BCUT2D eigenvalue weighted by molar-refractivity contribution is 5.55. The number of aliphatic hydroxyl groups excluding tert-OH is 2. The van der Waals surface area contributed by atoms with Gasteiger partial charge in [-0.2, -0.15) is 0 Å². The van der Waals surface area contributed by atoms with E-state index in [0.717, 1.165) is 30.8 Å². The molecule has 1 saturated heterocycles. The van der Waals surface area contributed by atoms with Crippen LogP contribution >= 0.6 is 0 Å². The first-order chi connectivity index (χ1) is 8.09. The summed E-state index contributed by atoms with van der Waals surface area (Å²) in [6, 6.07) is 7.97. The highest BCUT2D eigenvalue weighted by Crippen LogP contribution is 2.31. The molecular formula is C14H21NO2. The Labute approximate surface area is 103 Å². The lowest BCUT2D eigenvalue weighted by Gasteiger charge is -2.23. The molecule has 0 saturated carbocycles. The number of benzene rings is 1. The summed E-state index contributed by atoms with van der Waals surface area (Å²) in [5.74, 6) is 0.344. The number of aliphatic hydroxyl groups is 2. The summed E-state index contributed by atoms with van der Waals surface area (Å²) in [7, 11) is 0. The van der Waals surface area contributed by atoms with Gasteiger partial charge in [-0.05, 0) is 26.3 Å². The van der Waals surface area contributed by atoms with Gasteiger partial charge in [0.15, 0.2) is 0 Å². The van der Waals surface area contributed by atoms with E-state index in [4.69, 9.17) is 0 Å². The summed E-state index contributed by atoms with van der Waals surface area (Å²) in [4.78, 5) is 2.26. The van der Waals surface area contributed by atoms with Gasteiger partial charge in [-0.25, -0.2) is 0 Å². The minimum absolute atomic E-state index is 0.251. The first-order valence-corrected chi connectivity index (χ1v) is 6.29. The monoisotopic (exact) mass is 235 g/mol. The van der Waals surface area contributed by atoms with E-state index in [0.29, 0.717) is 5.92 Å². The van der Waals surface area contributed by atoms with E-state index in [2.05, 4.69) is 4.90 Å². The normalized spacial score (nSPS) is 23.8. The SMILES string of the molecule is CC(O)c1ccccc1N1CCC(C(C)O)C1. The first-order valence-electron chi connectivity index (χ1n) is 6.29. The zero-order valence-corrected chi connectivity index (χ0v) is 10.5. The molecule has 3 unspecified atom stereocenters. The highest BCUT2D eigenvalue weighted by atomic mass is 16.3. The molecule has 0 bridgehead atoms. The topological polar surface area (TPSA) is 43.7 Å². The van der Waals surface area contributed by atoms with Gasteiger partial charge in [-0.15, -0.1) is 0 Å². The van der Waals surface area contributed by atoms with E-state index in [-0.39, 0.29) is 6.10 Å². The van der Waals surface area contributed by atoms with Crippen LogP contribution in [-0.4, -0.2) is 29.4 Å². The van der Waals surface area contributed by atoms with Crippen molar-refractivity contribution in [3.05, 3.63) is 29.8 Å². The Morgan fingerprint density at radius 2 is 1.94 bits per heavy atom. The van der Waals surface area contributed by atoms with Crippen molar-refractivity contribution >= 4 is 5.69 Å². The maximum Gasteiger partial charge on any atom is 0.0781 e. The van der Waals surface area contributed by atoms with Crippen LogP contribution in [0.2, 0.25) is 0 Å². The Hall–Kier alpha value is -1.06. The van der Waals surface area contributed by atoms with E-state index >= 15 is 0 Å². The minimum atomic E-state index is -0.447. The largest absolute Gasteiger partial charge is 0.393 e. The third-order valence-corrected chi connectivity index (χ3v) is 3.63. The van der Waals surface area contributed by atoms with Crippen molar-refractivity contribution in [2.24, 2.45) is 5.92 Å². The molecule has 3 heteroatoms. The molecule has 0 amide bonds. The van der Waals surface area contributed by atoms with Gasteiger partial charge >= 0.3 is 0 Å². The minimum Gasteiger partial charge on any atom is -0.393 e. The molecule has 0 aliphatic carbocycles. The van der Waals surface area contributed by atoms with Crippen molar-refractivity contribution in [1.29, 1.82) is 0 Å². The molecule has 1 fully saturated rings. The molecule has 1 heterocycles. The number of hydrogen-bond donors (Lipinski definition) is 2. The molecule has 1 aromatic rings. The van der Waals surface area contributed by atoms with Gasteiger partial charge in [0.1, 0.15) is 0 Å². The first kappa shape index (κ1) is 12.4. The predicted octanol–water partition coefficient (Wildman–Crippen LogP) is 1.95. The zero-order chi connectivity index (χ0) is 12.4. The molecule has 17 heavy (non-hydrogen) atoms. The lowest BCUT2D eigenvalue weighted by atomic mass is 10.0. The van der Waals surface area contributed by atoms with Crippen LogP contribution in [-0.2, 0) is 0 Å². The van der Waals surface area contributed by atoms with E-state index < -0.39 is 6.10 Å². The van der Waals surface area contributed by atoms with E-state index in [1.165, 1.54) is 0 Å². The Morgan fingerprint density at radius 3 is 2.53 bits per heavy atom. The van der Waals surface area contributed by atoms with Crippen LogP contribution in [0.5, 0.6) is 0 Å². The zero-order valence-electron chi connectivity index (χ0n) is 10.5. The second-order valence-electron chi connectivity index (χ2n) is 4.97. The number of rotatable bonds is 3. The van der Waals surface area contributed by atoms with Crippen LogP contribution in [0.15, 0.2) is 24.3 Å². The lowest BCUT2D eigenvalue weighted by molar-refractivity contribution is 0.136. The molecular weight excluding hydrogens is 214 g/mol. The molecule has 0 aromatic heterocycles. The Morgan fingerprint density at radius 1 is 1.24 bits per heavy atom. The molecule has 3 atom stereocenters. The van der Waals surface area contributed by atoms with Crippen molar-refractivity contribution < 1.29 is 10.2 Å². The highest BCUT2D eigenvalue weighted by Gasteiger charge is 2.27. The predicted molar refractivity (Wildman–Crippen MR) is 69.1 cm³/mol. The van der Waals surface area contributed by atoms with Crippen LogP contribution in [0.3, 0.4) is 0 Å². The second kappa shape index (κ2) is 5.07. The van der Waals surface area contributed by atoms with Gasteiger partial charge in [0, 0.05) is 30.3 Å². The van der Waals surface area contributed by atoms with Gasteiger partial charge in [-0.3, -0.25) is 0 Å². The third kappa shape index (κ3) is 2.61. The maximum absolute atomic E-state index is 9.76. The summed E-state index contributed by atoms with van der Waals surface area (Å²) in [5.41, 5.74) is 2.07. The van der Waals surface area contributed by atoms with Gasteiger partial charge in [0.2, 0.25) is 0 Å². The second-order valence-corrected chi connectivity index (χ2v) is 4.97. The fraction of sp³-hybridized carbons (Fsp3) is 0.571. The number of para-hydroxylation sites is 1. The molecule has 0 radical (unpaired) electrons. The molecule has 0 spiro atoms.